The Hall–Kier alpha value is -2.07. The van der Waals surface area contributed by atoms with Gasteiger partial charge in [-0.15, -0.1) is 0 Å². The van der Waals surface area contributed by atoms with Crippen molar-refractivity contribution in [2.45, 2.75) is 13.5 Å². The Balaban J connectivity index is 2.25. The van der Waals surface area contributed by atoms with Crippen molar-refractivity contribution >= 4 is 16.7 Å². The van der Waals surface area contributed by atoms with Gasteiger partial charge >= 0.3 is 5.97 Å². The molecule has 0 aliphatic carbocycles. The first-order chi connectivity index (χ1) is 10.0. The molecule has 2 aromatic rings. The van der Waals surface area contributed by atoms with Crippen LogP contribution in [0.4, 0.5) is 0 Å². The summed E-state index contributed by atoms with van der Waals surface area (Å²) in [6.45, 7) is 2.96. The third-order valence-corrected chi connectivity index (χ3v) is 3.64. The third-order valence-electron chi connectivity index (χ3n) is 3.64. The van der Waals surface area contributed by atoms with Crippen LogP contribution in [-0.4, -0.2) is 36.7 Å². The largest absolute Gasteiger partial charge is 0.496 e. The molecule has 2 rings (SSSR count). The van der Waals surface area contributed by atoms with Gasteiger partial charge in [-0.2, -0.15) is 0 Å². The molecule has 0 saturated carbocycles. The number of fused-ring (bicyclic) bond motifs is 1. The van der Waals surface area contributed by atoms with Crippen LogP contribution in [-0.2, 0) is 11.3 Å². The average Bonchev–Trinajstić information content (AvgIpc) is 2.47. The fourth-order valence-electron chi connectivity index (χ4n) is 2.55. The van der Waals surface area contributed by atoms with Crippen LogP contribution in [0.3, 0.4) is 0 Å². The molecule has 0 bridgehead atoms. The van der Waals surface area contributed by atoms with Gasteiger partial charge in [0.2, 0.25) is 0 Å². The molecule has 1 atom stereocenters. The molecule has 0 heterocycles. The van der Waals surface area contributed by atoms with Gasteiger partial charge in [0.1, 0.15) is 5.75 Å². The van der Waals surface area contributed by atoms with Gasteiger partial charge < -0.3 is 14.7 Å². The zero-order valence-corrected chi connectivity index (χ0v) is 12.7. The van der Waals surface area contributed by atoms with E-state index in [0.29, 0.717) is 13.1 Å². The van der Waals surface area contributed by atoms with Crippen molar-refractivity contribution in [2.75, 3.05) is 20.7 Å². The zero-order chi connectivity index (χ0) is 15.4. The Morgan fingerprint density at radius 2 is 1.90 bits per heavy atom. The zero-order valence-electron chi connectivity index (χ0n) is 12.7. The maximum Gasteiger partial charge on any atom is 0.307 e. The van der Waals surface area contributed by atoms with Crippen molar-refractivity contribution in [1.82, 2.24) is 4.90 Å². The molecular weight excluding hydrogens is 266 g/mol. The Kier molecular flexibility index (Phi) is 4.81. The first-order valence-electron chi connectivity index (χ1n) is 6.99. The van der Waals surface area contributed by atoms with E-state index in [1.54, 1.807) is 14.0 Å². The average molecular weight is 287 g/mol. The molecule has 0 aromatic heterocycles. The molecule has 21 heavy (non-hydrogen) atoms. The van der Waals surface area contributed by atoms with Gasteiger partial charge in [0.25, 0.3) is 0 Å². The first-order valence-corrected chi connectivity index (χ1v) is 6.99. The summed E-state index contributed by atoms with van der Waals surface area (Å²) in [6.07, 6.45) is 0. The molecule has 0 saturated heterocycles. The lowest BCUT2D eigenvalue weighted by molar-refractivity contribution is -0.141. The summed E-state index contributed by atoms with van der Waals surface area (Å²) >= 11 is 0. The van der Waals surface area contributed by atoms with Gasteiger partial charge in [-0.05, 0) is 24.1 Å². The van der Waals surface area contributed by atoms with Crippen LogP contribution in [0.15, 0.2) is 36.4 Å². The predicted molar refractivity (Wildman–Crippen MR) is 83.6 cm³/mol. The Morgan fingerprint density at radius 1 is 1.24 bits per heavy atom. The number of carboxylic acid groups (broad SMARTS) is 1. The van der Waals surface area contributed by atoms with E-state index < -0.39 is 5.97 Å². The number of hydrogen-bond acceptors (Lipinski definition) is 3. The molecule has 0 aliphatic rings. The van der Waals surface area contributed by atoms with E-state index in [1.807, 2.05) is 42.3 Å². The lowest BCUT2D eigenvalue weighted by Crippen LogP contribution is -2.28. The Labute approximate surface area is 124 Å². The second kappa shape index (κ2) is 6.59. The van der Waals surface area contributed by atoms with Crippen LogP contribution < -0.4 is 4.74 Å². The molecule has 0 aliphatic heterocycles. The van der Waals surface area contributed by atoms with E-state index in [4.69, 9.17) is 9.84 Å². The van der Waals surface area contributed by atoms with Crippen LogP contribution >= 0.6 is 0 Å². The minimum absolute atomic E-state index is 0.375. The number of ether oxygens (including phenoxy) is 1. The number of methoxy groups -OCH3 is 1. The Morgan fingerprint density at radius 3 is 2.52 bits per heavy atom. The second-order valence-corrected chi connectivity index (χ2v) is 5.41. The quantitative estimate of drug-likeness (QED) is 0.887. The second-order valence-electron chi connectivity index (χ2n) is 5.41. The monoisotopic (exact) mass is 287 g/mol. The van der Waals surface area contributed by atoms with Crippen LogP contribution in [0.25, 0.3) is 10.8 Å². The molecule has 0 spiro atoms. The van der Waals surface area contributed by atoms with E-state index in [1.165, 1.54) is 5.56 Å². The van der Waals surface area contributed by atoms with E-state index in [2.05, 4.69) is 6.07 Å². The number of carbonyl (C=O) groups is 1. The van der Waals surface area contributed by atoms with Crippen molar-refractivity contribution in [2.24, 2.45) is 5.92 Å². The minimum Gasteiger partial charge on any atom is -0.496 e. The van der Waals surface area contributed by atoms with Crippen molar-refractivity contribution in [3.63, 3.8) is 0 Å². The highest BCUT2D eigenvalue weighted by atomic mass is 16.5. The smallest absolute Gasteiger partial charge is 0.307 e. The molecule has 0 fully saturated rings. The molecular formula is C17H21NO3. The topological polar surface area (TPSA) is 49.8 Å². The maximum absolute atomic E-state index is 10.9. The maximum atomic E-state index is 10.9. The highest BCUT2D eigenvalue weighted by molar-refractivity contribution is 5.91. The van der Waals surface area contributed by atoms with Gasteiger partial charge in [0.05, 0.1) is 13.0 Å². The molecule has 0 radical (unpaired) electrons. The summed E-state index contributed by atoms with van der Waals surface area (Å²) in [7, 11) is 3.61. The summed E-state index contributed by atoms with van der Waals surface area (Å²) in [6, 6.07) is 12.1. The van der Waals surface area contributed by atoms with Gasteiger partial charge in [-0.25, -0.2) is 0 Å². The number of nitrogens with zero attached hydrogens (tertiary/aromatic N) is 1. The molecule has 1 unspecified atom stereocenters. The molecule has 4 nitrogen and oxygen atoms in total. The van der Waals surface area contributed by atoms with Crippen LogP contribution in [0.5, 0.6) is 5.75 Å². The molecule has 2 aromatic carbocycles. The fraction of sp³-hybridized carbons (Fsp3) is 0.353. The molecule has 0 amide bonds. The summed E-state index contributed by atoms with van der Waals surface area (Å²) in [5.74, 6) is -0.281. The highest BCUT2D eigenvalue weighted by Gasteiger charge is 2.15. The van der Waals surface area contributed by atoms with E-state index in [-0.39, 0.29) is 5.92 Å². The Bertz CT molecular complexity index is 639. The number of aliphatic carboxylic acids is 1. The van der Waals surface area contributed by atoms with Gasteiger partial charge in [0, 0.05) is 18.5 Å². The summed E-state index contributed by atoms with van der Waals surface area (Å²) < 4.78 is 5.39. The summed E-state index contributed by atoms with van der Waals surface area (Å²) in [4.78, 5) is 13.0. The van der Waals surface area contributed by atoms with Crippen molar-refractivity contribution in [3.8, 4) is 5.75 Å². The predicted octanol–water partition coefficient (Wildman–Crippen LogP) is 3.00. The summed E-state index contributed by atoms with van der Waals surface area (Å²) in [5.41, 5.74) is 1.17. The van der Waals surface area contributed by atoms with Crippen molar-refractivity contribution < 1.29 is 14.6 Å². The van der Waals surface area contributed by atoms with Crippen LogP contribution in [0, 0.1) is 5.92 Å². The number of hydrogen-bond donors (Lipinski definition) is 1. The van der Waals surface area contributed by atoms with Gasteiger partial charge in [-0.1, -0.05) is 37.3 Å². The standard InChI is InChI=1S/C17H21NO3/c1-12(17(19)20)10-18(2)11-13-8-9-16(21-3)15-7-5-4-6-14(13)15/h4-9,12H,10-11H2,1-3H3,(H,19,20). The normalized spacial score (nSPS) is 12.6. The minimum atomic E-state index is -0.763. The lowest BCUT2D eigenvalue weighted by atomic mass is 10.0. The fourth-order valence-corrected chi connectivity index (χ4v) is 2.55. The van der Waals surface area contributed by atoms with E-state index >= 15 is 0 Å². The SMILES string of the molecule is COc1ccc(CN(C)CC(C)C(=O)O)c2ccccc12. The van der Waals surface area contributed by atoms with Crippen molar-refractivity contribution in [1.29, 1.82) is 0 Å². The molecule has 1 N–H and O–H groups in total. The van der Waals surface area contributed by atoms with Crippen molar-refractivity contribution in [3.05, 3.63) is 42.0 Å². The first kappa shape index (κ1) is 15.3. The summed E-state index contributed by atoms with van der Waals surface area (Å²) in [5, 5.41) is 11.2. The van der Waals surface area contributed by atoms with Gasteiger partial charge in [0.15, 0.2) is 0 Å². The van der Waals surface area contributed by atoms with E-state index in [9.17, 15) is 4.79 Å². The van der Waals surface area contributed by atoms with E-state index in [0.717, 1.165) is 16.5 Å². The van der Waals surface area contributed by atoms with Gasteiger partial charge in [-0.3, -0.25) is 4.79 Å². The van der Waals surface area contributed by atoms with Crippen LogP contribution in [0.1, 0.15) is 12.5 Å². The highest BCUT2D eigenvalue weighted by Crippen LogP contribution is 2.28. The molecule has 4 heteroatoms. The number of carboxylic acids is 1. The number of benzene rings is 2. The van der Waals surface area contributed by atoms with Crippen LogP contribution in [0.2, 0.25) is 0 Å². The lowest BCUT2D eigenvalue weighted by Gasteiger charge is -2.20. The third kappa shape index (κ3) is 3.52. The molecule has 112 valence electrons. The number of rotatable bonds is 6.